The topological polar surface area (TPSA) is 44.5 Å². The molecule has 4 heteroatoms. The van der Waals surface area contributed by atoms with E-state index in [0.29, 0.717) is 17.2 Å². The van der Waals surface area contributed by atoms with Crippen LogP contribution in [0.5, 0.6) is 11.5 Å². The summed E-state index contributed by atoms with van der Waals surface area (Å²) in [5, 5.41) is 0. The number of hydrogen-bond acceptors (Lipinski definition) is 4. The van der Waals surface area contributed by atoms with Crippen molar-refractivity contribution < 1.29 is 9.47 Å². The van der Waals surface area contributed by atoms with E-state index in [1.165, 1.54) is 0 Å². The van der Waals surface area contributed by atoms with Gasteiger partial charge < -0.3 is 15.2 Å². The Labute approximate surface area is 82.2 Å². The van der Waals surface area contributed by atoms with Crippen LogP contribution >= 0.6 is 11.8 Å². The molecule has 0 radical (unpaired) electrons. The Balaban J connectivity index is 3.18. The third-order valence-electron chi connectivity index (χ3n) is 1.74. The zero-order valence-electron chi connectivity index (χ0n) is 7.96. The van der Waals surface area contributed by atoms with E-state index in [-0.39, 0.29) is 0 Å². The summed E-state index contributed by atoms with van der Waals surface area (Å²) in [7, 11) is 3.20. The first-order valence-electron chi connectivity index (χ1n) is 3.78. The van der Waals surface area contributed by atoms with Crippen molar-refractivity contribution in [3.8, 4) is 11.5 Å². The second-order valence-electron chi connectivity index (χ2n) is 2.45. The van der Waals surface area contributed by atoms with Crippen LogP contribution in [0.4, 0.5) is 5.69 Å². The molecule has 13 heavy (non-hydrogen) atoms. The van der Waals surface area contributed by atoms with E-state index in [9.17, 15) is 0 Å². The van der Waals surface area contributed by atoms with E-state index in [2.05, 4.69) is 0 Å². The molecule has 0 aromatic heterocycles. The lowest BCUT2D eigenvalue weighted by Gasteiger charge is -2.10. The summed E-state index contributed by atoms with van der Waals surface area (Å²) >= 11 is 1.58. The van der Waals surface area contributed by atoms with E-state index in [1.54, 1.807) is 32.0 Å². The van der Waals surface area contributed by atoms with Gasteiger partial charge in [0.15, 0.2) is 11.5 Å². The molecule has 0 saturated heterocycles. The minimum atomic E-state index is 0.665. The lowest BCUT2D eigenvalue weighted by Crippen LogP contribution is -1.94. The first-order chi connectivity index (χ1) is 6.22. The Kier molecular flexibility index (Phi) is 3.31. The quantitative estimate of drug-likeness (QED) is 0.597. The molecule has 0 aliphatic heterocycles. The van der Waals surface area contributed by atoms with E-state index in [1.807, 2.05) is 12.3 Å². The van der Waals surface area contributed by atoms with E-state index in [4.69, 9.17) is 15.2 Å². The summed E-state index contributed by atoms with van der Waals surface area (Å²) in [6.45, 7) is 0. The molecule has 0 bridgehead atoms. The number of ether oxygens (including phenoxy) is 2. The minimum absolute atomic E-state index is 0.665. The third-order valence-corrected chi connectivity index (χ3v) is 2.53. The van der Waals surface area contributed by atoms with Crippen molar-refractivity contribution in [1.29, 1.82) is 0 Å². The van der Waals surface area contributed by atoms with E-state index < -0.39 is 0 Å². The summed E-state index contributed by atoms with van der Waals surface area (Å²) < 4.78 is 10.2. The number of rotatable bonds is 3. The van der Waals surface area contributed by atoms with Crippen LogP contribution < -0.4 is 15.2 Å². The first kappa shape index (κ1) is 10.1. The van der Waals surface area contributed by atoms with Gasteiger partial charge in [-0.25, -0.2) is 0 Å². The summed E-state index contributed by atoms with van der Waals surface area (Å²) in [6, 6.07) is 3.64. The minimum Gasteiger partial charge on any atom is -0.493 e. The number of anilines is 1. The number of thioether (sulfide) groups is 1. The molecule has 0 saturated carbocycles. The fourth-order valence-electron chi connectivity index (χ4n) is 1.05. The molecule has 0 aliphatic carbocycles. The number of nitrogens with two attached hydrogens (primary N) is 1. The number of nitrogen functional groups attached to an aromatic ring is 1. The number of benzene rings is 1. The highest BCUT2D eigenvalue weighted by molar-refractivity contribution is 7.98. The van der Waals surface area contributed by atoms with Crippen LogP contribution in [0.25, 0.3) is 0 Å². The Bertz CT molecular complexity index is 302. The maximum Gasteiger partial charge on any atom is 0.162 e. The smallest absolute Gasteiger partial charge is 0.162 e. The molecule has 2 N–H and O–H groups in total. The van der Waals surface area contributed by atoms with Gasteiger partial charge in [0.1, 0.15) is 0 Å². The van der Waals surface area contributed by atoms with Crippen LogP contribution in [0, 0.1) is 0 Å². The summed E-state index contributed by atoms with van der Waals surface area (Å²) in [6.07, 6.45) is 1.97. The summed E-state index contributed by atoms with van der Waals surface area (Å²) in [5.41, 5.74) is 6.49. The van der Waals surface area contributed by atoms with Gasteiger partial charge in [-0.05, 0) is 12.3 Å². The van der Waals surface area contributed by atoms with Gasteiger partial charge in [-0.3, -0.25) is 0 Å². The molecule has 0 aliphatic rings. The number of methoxy groups -OCH3 is 2. The van der Waals surface area contributed by atoms with Gasteiger partial charge in [-0.15, -0.1) is 11.8 Å². The average molecular weight is 199 g/mol. The van der Waals surface area contributed by atoms with Crippen molar-refractivity contribution >= 4 is 17.4 Å². The average Bonchev–Trinajstić information content (AvgIpc) is 2.17. The Morgan fingerprint density at radius 2 is 1.69 bits per heavy atom. The maximum atomic E-state index is 5.77. The van der Waals surface area contributed by atoms with Gasteiger partial charge in [-0.1, -0.05) is 0 Å². The zero-order chi connectivity index (χ0) is 9.84. The van der Waals surface area contributed by atoms with Gasteiger partial charge in [0, 0.05) is 16.6 Å². The molecule has 0 unspecified atom stereocenters. The van der Waals surface area contributed by atoms with Gasteiger partial charge >= 0.3 is 0 Å². The standard InChI is InChI=1S/C9H13NO2S/c1-11-7-4-6(10)9(13-3)5-8(7)12-2/h4-5H,10H2,1-3H3. The van der Waals surface area contributed by atoms with Crippen LogP contribution in [-0.4, -0.2) is 20.5 Å². The molecule has 3 nitrogen and oxygen atoms in total. The molecule has 1 aromatic carbocycles. The first-order valence-corrected chi connectivity index (χ1v) is 5.01. The van der Waals surface area contributed by atoms with E-state index in [0.717, 1.165) is 4.90 Å². The molecular weight excluding hydrogens is 186 g/mol. The molecule has 0 heterocycles. The second-order valence-corrected chi connectivity index (χ2v) is 3.30. The maximum absolute atomic E-state index is 5.77. The van der Waals surface area contributed by atoms with Crippen molar-refractivity contribution in [2.75, 3.05) is 26.2 Å². The van der Waals surface area contributed by atoms with Crippen LogP contribution in [0.1, 0.15) is 0 Å². The predicted molar refractivity (Wildman–Crippen MR) is 55.7 cm³/mol. The van der Waals surface area contributed by atoms with Gasteiger partial charge in [-0.2, -0.15) is 0 Å². The molecule has 1 rings (SSSR count). The Morgan fingerprint density at radius 3 is 2.15 bits per heavy atom. The second kappa shape index (κ2) is 4.28. The largest absolute Gasteiger partial charge is 0.493 e. The highest BCUT2D eigenvalue weighted by Gasteiger charge is 2.07. The molecule has 0 fully saturated rings. The van der Waals surface area contributed by atoms with Gasteiger partial charge in [0.05, 0.1) is 14.2 Å². The summed E-state index contributed by atoms with van der Waals surface area (Å²) in [5.74, 6) is 1.37. The van der Waals surface area contributed by atoms with Gasteiger partial charge in [0.2, 0.25) is 0 Å². The molecule has 1 aromatic rings. The van der Waals surface area contributed by atoms with Crippen LogP contribution in [0.3, 0.4) is 0 Å². The highest BCUT2D eigenvalue weighted by atomic mass is 32.2. The SMILES string of the molecule is COc1cc(N)c(SC)cc1OC. The Morgan fingerprint density at radius 1 is 1.15 bits per heavy atom. The molecule has 0 spiro atoms. The monoisotopic (exact) mass is 199 g/mol. The predicted octanol–water partition coefficient (Wildman–Crippen LogP) is 2.01. The zero-order valence-corrected chi connectivity index (χ0v) is 8.77. The van der Waals surface area contributed by atoms with Crippen molar-refractivity contribution in [1.82, 2.24) is 0 Å². The fraction of sp³-hybridized carbons (Fsp3) is 0.333. The third kappa shape index (κ3) is 2.01. The van der Waals surface area contributed by atoms with Crippen LogP contribution in [0.15, 0.2) is 17.0 Å². The summed E-state index contributed by atoms with van der Waals surface area (Å²) in [4.78, 5) is 0.998. The van der Waals surface area contributed by atoms with Gasteiger partial charge in [0.25, 0.3) is 0 Å². The molecular formula is C9H13NO2S. The van der Waals surface area contributed by atoms with Crippen molar-refractivity contribution in [3.05, 3.63) is 12.1 Å². The lowest BCUT2D eigenvalue weighted by atomic mass is 10.3. The lowest BCUT2D eigenvalue weighted by molar-refractivity contribution is 0.354. The number of hydrogen-bond donors (Lipinski definition) is 1. The van der Waals surface area contributed by atoms with Crippen molar-refractivity contribution in [3.63, 3.8) is 0 Å². The van der Waals surface area contributed by atoms with Crippen LogP contribution in [0.2, 0.25) is 0 Å². The van der Waals surface area contributed by atoms with Crippen molar-refractivity contribution in [2.45, 2.75) is 4.90 Å². The fourth-order valence-corrected chi connectivity index (χ4v) is 1.57. The van der Waals surface area contributed by atoms with Crippen LogP contribution in [-0.2, 0) is 0 Å². The van der Waals surface area contributed by atoms with Crippen molar-refractivity contribution in [2.24, 2.45) is 0 Å². The molecule has 0 amide bonds. The Hall–Kier alpha value is -1.03. The molecule has 72 valence electrons. The molecule has 0 atom stereocenters. The van der Waals surface area contributed by atoms with E-state index >= 15 is 0 Å². The highest BCUT2D eigenvalue weighted by Crippen LogP contribution is 2.35. The normalized spacial score (nSPS) is 9.77.